The topological polar surface area (TPSA) is 69.2 Å². The van der Waals surface area contributed by atoms with E-state index in [1.165, 1.54) is 12.1 Å². The molecule has 4 nitrogen and oxygen atoms in total. The number of halogens is 1. The minimum Gasteiger partial charge on any atom is -0.330 e. The van der Waals surface area contributed by atoms with Crippen molar-refractivity contribution in [2.75, 3.05) is 6.54 Å². The molecule has 0 radical (unpaired) electrons. The number of benzene rings is 1. The van der Waals surface area contributed by atoms with E-state index in [4.69, 9.17) is 17.3 Å². The van der Waals surface area contributed by atoms with Gasteiger partial charge in [-0.2, -0.15) is 0 Å². The number of rotatable bonds is 4. The van der Waals surface area contributed by atoms with Crippen LogP contribution >= 0.6 is 11.6 Å². The molecule has 88 valence electrons. The van der Waals surface area contributed by atoms with Crippen LogP contribution in [-0.2, 0) is 6.42 Å². The van der Waals surface area contributed by atoms with Crippen LogP contribution in [0.15, 0.2) is 18.2 Å². The minimum absolute atomic E-state index is 0.0622. The third-order valence-corrected chi connectivity index (χ3v) is 2.83. The van der Waals surface area contributed by atoms with Gasteiger partial charge in [0.05, 0.1) is 4.92 Å². The third kappa shape index (κ3) is 3.18. The molecule has 0 atom stereocenters. The van der Waals surface area contributed by atoms with E-state index in [-0.39, 0.29) is 11.1 Å². The molecule has 0 heterocycles. The summed E-state index contributed by atoms with van der Waals surface area (Å²) in [5, 5.41) is 11.2. The monoisotopic (exact) mass is 242 g/mol. The van der Waals surface area contributed by atoms with Crippen LogP contribution in [0.5, 0.6) is 0 Å². The first-order chi connectivity index (χ1) is 7.35. The molecule has 5 heteroatoms. The van der Waals surface area contributed by atoms with Crippen molar-refractivity contribution in [3.05, 3.63) is 38.9 Å². The van der Waals surface area contributed by atoms with Crippen molar-refractivity contribution in [3.8, 4) is 0 Å². The molecule has 2 N–H and O–H groups in total. The molecule has 0 aromatic heterocycles. The lowest BCUT2D eigenvalue weighted by Gasteiger charge is -2.22. The van der Waals surface area contributed by atoms with Gasteiger partial charge in [0.2, 0.25) is 0 Å². The van der Waals surface area contributed by atoms with Gasteiger partial charge < -0.3 is 5.73 Å². The molecule has 1 aromatic rings. The van der Waals surface area contributed by atoms with E-state index in [9.17, 15) is 10.1 Å². The summed E-state index contributed by atoms with van der Waals surface area (Å²) in [4.78, 5) is 10.2. The largest absolute Gasteiger partial charge is 0.330 e. The molecule has 0 aliphatic rings. The first-order valence-corrected chi connectivity index (χ1v) is 5.36. The number of hydrogen-bond acceptors (Lipinski definition) is 3. The van der Waals surface area contributed by atoms with Crippen molar-refractivity contribution in [2.45, 2.75) is 20.3 Å². The average molecular weight is 243 g/mol. The highest BCUT2D eigenvalue weighted by Crippen LogP contribution is 2.28. The van der Waals surface area contributed by atoms with Crippen LogP contribution in [0.3, 0.4) is 0 Å². The summed E-state index contributed by atoms with van der Waals surface area (Å²) < 4.78 is 0. The van der Waals surface area contributed by atoms with Gasteiger partial charge in [-0.3, -0.25) is 10.1 Å². The Morgan fingerprint density at radius 2 is 2.12 bits per heavy atom. The van der Waals surface area contributed by atoms with Crippen molar-refractivity contribution in [1.29, 1.82) is 0 Å². The van der Waals surface area contributed by atoms with Crippen molar-refractivity contribution in [1.82, 2.24) is 0 Å². The van der Waals surface area contributed by atoms with E-state index in [1.807, 2.05) is 13.8 Å². The zero-order chi connectivity index (χ0) is 12.3. The SMILES string of the molecule is CC(C)(CN)Cc1cc([N+](=O)[O-])ccc1Cl. The van der Waals surface area contributed by atoms with Crippen LogP contribution in [0.25, 0.3) is 0 Å². The fourth-order valence-electron chi connectivity index (χ4n) is 1.40. The second-order valence-electron chi connectivity index (χ2n) is 4.58. The lowest BCUT2D eigenvalue weighted by molar-refractivity contribution is -0.384. The number of nitro benzene ring substituents is 1. The van der Waals surface area contributed by atoms with Gasteiger partial charge in [0.25, 0.3) is 5.69 Å². The average Bonchev–Trinajstić information content (AvgIpc) is 2.21. The number of non-ortho nitro benzene ring substituents is 1. The molecule has 0 fully saturated rings. The first-order valence-electron chi connectivity index (χ1n) is 4.98. The Morgan fingerprint density at radius 1 is 1.50 bits per heavy atom. The van der Waals surface area contributed by atoms with Gasteiger partial charge in [-0.25, -0.2) is 0 Å². The molecule has 0 amide bonds. The molecule has 0 aliphatic carbocycles. The van der Waals surface area contributed by atoms with Gasteiger partial charge in [-0.05, 0) is 30.0 Å². The molecule has 1 aromatic carbocycles. The van der Waals surface area contributed by atoms with Crippen molar-refractivity contribution < 1.29 is 4.92 Å². The molecule has 0 unspecified atom stereocenters. The van der Waals surface area contributed by atoms with Crippen molar-refractivity contribution >= 4 is 17.3 Å². The number of nitrogens with two attached hydrogens (primary N) is 1. The molecular formula is C11H15ClN2O2. The van der Waals surface area contributed by atoms with E-state index in [1.54, 1.807) is 6.07 Å². The first kappa shape index (κ1) is 12.9. The Morgan fingerprint density at radius 3 is 2.62 bits per heavy atom. The van der Waals surface area contributed by atoms with Gasteiger partial charge in [0.15, 0.2) is 0 Å². The van der Waals surface area contributed by atoms with E-state index in [0.717, 1.165) is 5.56 Å². The third-order valence-electron chi connectivity index (χ3n) is 2.46. The Labute approximate surface area is 99.6 Å². The molecule has 0 saturated heterocycles. The second-order valence-corrected chi connectivity index (χ2v) is 4.99. The van der Waals surface area contributed by atoms with Gasteiger partial charge in [0, 0.05) is 17.2 Å². The van der Waals surface area contributed by atoms with Crippen LogP contribution in [0, 0.1) is 15.5 Å². The smallest absolute Gasteiger partial charge is 0.269 e. The van der Waals surface area contributed by atoms with Gasteiger partial charge in [-0.15, -0.1) is 0 Å². The Hall–Kier alpha value is -1.13. The number of nitrogens with zero attached hydrogens (tertiary/aromatic N) is 1. The van der Waals surface area contributed by atoms with E-state index in [2.05, 4.69) is 0 Å². The van der Waals surface area contributed by atoms with Crippen LogP contribution in [0.4, 0.5) is 5.69 Å². The van der Waals surface area contributed by atoms with Crippen molar-refractivity contribution in [3.63, 3.8) is 0 Å². The maximum atomic E-state index is 10.6. The summed E-state index contributed by atoms with van der Waals surface area (Å²) >= 11 is 6.00. The van der Waals surface area contributed by atoms with Crippen molar-refractivity contribution in [2.24, 2.45) is 11.1 Å². The van der Waals surface area contributed by atoms with Gasteiger partial charge in [-0.1, -0.05) is 25.4 Å². The minimum atomic E-state index is -0.421. The normalized spacial score (nSPS) is 11.5. The molecule has 0 saturated carbocycles. The summed E-state index contributed by atoms with van der Waals surface area (Å²) in [6.07, 6.45) is 0.629. The lowest BCUT2D eigenvalue weighted by atomic mass is 9.86. The fourth-order valence-corrected chi connectivity index (χ4v) is 1.58. The van der Waals surface area contributed by atoms with E-state index >= 15 is 0 Å². The predicted octanol–water partition coefficient (Wildman–Crippen LogP) is 2.78. The Kier molecular flexibility index (Phi) is 3.88. The van der Waals surface area contributed by atoms with Crippen LogP contribution in [0.1, 0.15) is 19.4 Å². The number of hydrogen-bond donors (Lipinski definition) is 1. The van der Waals surface area contributed by atoms with Gasteiger partial charge >= 0.3 is 0 Å². The quantitative estimate of drug-likeness (QED) is 0.652. The van der Waals surface area contributed by atoms with Gasteiger partial charge in [0.1, 0.15) is 0 Å². The highest BCUT2D eigenvalue weighted by Gasteiger charge is 2.19. The summed E-state index contributed by atoms with van der Waals surface area (Å²) in [7, 11) is 0. The predicted molar refractivity (Wildman–Crippen MR) is 64.6 cm³/mol. The van der Waals surface area contributed by atoms with Crippen LogP contribution in [-0.4, -0.2) is 11.5 Å². The van der Waals surface area contributed by atoms with Crippen LogP contribution < -0.4 is 5.73 Å². The molecule has 16 heavy (non-hydrogen) atoms. The molecule has 0 bridgehead atoms. The highest BCUT2D eigenvalue weighted by molar-refractivity contribution is 6.31. The lowest BCUT2D eigenvalue weighted by Crippen LogP contribution is -2.26. The summed E-state index contributed by atoms with van der Waals surface area (Å²) in [5.41, 5.74) is 6.34. The molecule has 0 spiro atoms. The zero-order valence-electron chi connectivity index (χ0n) is 9.37. The van der Waals surface area contributed by atoms with E-state index < -0.39 is 4.92 Å². The summed E-state index contributed by atoms with van der Waals surface area (Å²) in [6.45, 7) is 4.51. The van der Waals surface area contributed by atoms with E-state index in [0.29, 0.717) is 18.0 Å². The maximum absolute atomic E-state index is 10.6. The summed E-state index contributed by atoms with van der Waals surface area (Å²) in [5.74, 6) is 0. The molecule has 1 rings (SSSR count). The second kappa shape index (κ2) is 4.80. The highest BCUT2D eigenvalue weighted by atomic mass is 35.5. The van der Waals surface area contributed by atoms with Crippen LogP contribution in [0.2, 0.25) is 5.02 Å². The maximum Gasteiger partial charge on any atom is 0.269 e. The standard InChI is InChI=1S/C11H15ClN2O2/c1-11(2,7-13)6-8-5-9(14(15)16)3-4-10(8)12/h3-5H,6-7,13H2,1-2H3. The fraction of sp³-hybridized carbons (Fsp3) is 0.455. The Bertz CT molecular complexity index is 405. The Balaban J connectivity index is 3.03. The molecule has 0 aliphatic heterocycles. The summed E-state index contributed by atoms with van der Waals surface area (Å²) in [6, 6.07) is 4.47. The molecular weight excluding hydrogens is 228 g/mol. The number of nitro groups is 1. The zero-order valence-corrected chi connectivity index (χ0v) is 10.1.